The summed E-state index contributed by atoms with van der Waals surface area (Å²) in [5, 5.41) is 0. The molecular formula is C18H16N4O2. The number of carbonyl (C=O) groups excluding carboxylic acids is 1. The number of nitrogens with zero attached hydrogens (tertiary/aromatic N) is 4. The number of para-hydroxylation sites is 1. The molecule has 1 aliphatic heterocycles. The maximum Gasteiger partial charge on any atom is 0.358 e. The zero-order chi connectivity index (χ0) is 16.7. The third kappa shape index (κ3) is 2.19. The van der Waals surface area contributed by atoms with Crippen LogP contribution in [0.5, 0.6) is 0 Å². The number of hydrogen-bond donors (Lipinski definition) is 0. The number of benzene rings is 1. The number of hydrogen-bond acceptors (Lipinski definition) is 5. The summed E-state index contributed by atoms with van der Waals surface area (Å²) in [5.74, 6) is 0.319. The van der Waals surface area contributed by atoms with Gasteiger partial charge in [-0.1, -0.05) is 18.2 Å². The predicted molar refractivity (Wildman–Crippen MR) is 88.1 cm³/mol. The molecule has 120 valence electrons. The van der Waals surface area contributed by atoms with Crippen molar-refractivity contribution in [2.45, 2.75) is 20.3 Å². The molecule has 3 aromatic rings. The minimum atomic E-state index is -0.403. The van der Waals surface area contributed by atoms with Crippen LogP contribution in [-0.2, 0) is 11.2 Å². The summed E-state index contributed by atoms with van der Waals surface area (Å²) in [6.07, 6.45) is 4.02. The highest BCUT2D eigenvalue weighted by Crippen LogP contribution is 2.34. The van der Waals surface area contributed by atoms with Crippen LogP contribution >= 0.6 is 0 Å². The van der Waals surface area contributed by atoms with Crippen molar-refractivity contribution in [1.82, 2.24) is 19.5 Å². The molecular weight excluding hydrogens is 304 g/mol. The van der Waals surface area contributed by atoms with Crippen LogP contribution in [-0.4, -0.2) is 32.1 Å². The Labute approximate surface area is 139 Å². The Morgan fingerprint density at radius 3 is 2.96 bits per heavy atom. The Morgan fingerprint density at radius 1 is 1.29 bits per heavy atom. The second-order valence-corrected chi connectivity index (χ2v) is 5.62. The lowest BCUT2D eigenvalue weighted by Gasteiger charge is -2.09. The average molecular weight is 320 g/mol. The average Bonchev–Trinajstić information content (AvgIpc) is 2.95. The van der Waals surface area contributed by atoms with Crippen molar-refractivity contribution in [1.29, 1.82) is 0 Å². The minimum Gasteiger partial charge on any atom is -0.461 e. The van der Waals surface area contributed by atoms with Gasteiger partial charge < -0.3 is 9.30 Å². The van der Waals surface area contributed by atoms with Crippen molar-refractivity contribution in [2.75, 3.05) is 6.61 Å². The van der Waals surface area contributed by atoms with Crippen LogP contribution in [0.3, 0.4) is 0 Å². The Kier molecular flexibility index (Phi) is 3.37. The smallest absolute Gasteiger partial charge is 0.358 e. The van der Waals surface area contributed by atoms with Crippen LogP contribution in [0.15, 0.2) is 36.8 Å². The van der Waals surface area contributed by atoms with Crippen LogP contribution < -0.4 is 0 Å². The summed E-state index contributed by atoms with van der Waals surface area (Å²) in [5.41, 5.74) is 4.97. The SMILES string of the molecule is CCOC(=O)c1ncn2c1Cc1cnc(C)nc1-c1ccccc1-2. The first-order valence-corrected chi connectivity index (χ1v) is 7.84. The third-order valence-electron chi connectivity index (χ3n) is 4.10. The molecule has 4 rings (SSSR count). The zero-order valence-corrected chi connectivity index (χ0v) is 13.5. The van der Waals surface area contributed by atoms with E-state index in [1.165, 1.54) is 0 Å². The molecule has 0 spiro atoms. The molecule has 0 aliphatic carbocycles. The van der Waals surface area contributed by atoms with Gasteiger partial charge in [-0.05, 0) is 19.9 Å². The quantitative estimate of drug-likeness (QED) is 0.531. The molecule has 0 saturated carbocycles. The molecule has 24 heavy (non-hydrogen) atoms. The number of imidazole rings is 1. The van der Waals surface area contributed by atoms with E-state index in [9.17, 15) is 4.79 Å². The number of ether oxygens (including phenoxy) is 1. The molecule has 0 atom stereocenters. The number of esters is 1. The van der Waals surface area contributed by atoms with Gasteiger partial charge in [-0.15, -0.1) is 0 Å². The molecule has 1 aromatic carbocycles. The summed E-state index contributed by atoms with van der Waals surface area (Å²) >= 11 is 0. The monoisotopic (exact) mass is 320 g/mol. The van der Waals surface area contributed by atoms with Gasteiger partial charge >= 0.3 is 5.97 Å². The van der Waals surface area contributed by atoms with E-state index < -0.39 is 5.97 Å². The fourth-order valence-corrected chi connectivity index (χ4v) is 3.04. The maximum atomic E-state index is 12.2. The Balaban J connectivity index is 1.98. The van der Waals surface area contributed by atoms with Crippen LogP contribution in [0.25, 0.3) is 16.9 Å². The topological polar surface area (TPSA) is 69.9 Å². The van der Waals surface area contributed by atoms with E-state index in [4.69, 9.17) is 4.74 Å². The second-order valence-electron chi connectivity index (χ2n) is 5.62. The van der Waals surface area contributed by atoms with Gasteiger partial charge in [0.15, 0.2) is 5.69 Å². The Bertz CT molecular complexity index is 946. The highest BCUT2D eigenvalue weighted by molar-refractivity contribution is 5.89. The molecule has 6 nitrogen and oxygen atoms in total. The summed E-state index contributed by atoms with van der Waals surface area (Å²) < 4.78 is 7.09. The Hall–Kier alpha value is -3.02. The Morgan fingerprint density at radius 2 is 2.12 bits per heavy atom. The van der Waals surface area contributed by atoms with Gasteiger partial charge in [-0.25, -0.2) is 19.7 Å². The van der Waals surface area contributed by atoms with Gasteiger partial charge in [-0.2, -0.15) is 0 Å². The summed E-state index contributed by atoms with van der Waals surface area (Å²) in [6, 6.07) is 7.97. The van der Waals surface area contributed by atoms with E-state index in [2.05, 4.69) is 15.0 Å². The van der Waals surface area contributed by atoms with Gasteiger partial charge in [0.25, 0.3) is 0 Å². The maximum absolute atomic E-state index is 12.2. The van der Waals surface area contributed by atoms with Crippen molar-refractivity contribution in [2.24, 2.45) is 0 Å². The van der Waals surface area contributed by atoms with E-state index in [1.54, 1.807) is 13.3 Å². The number of aryl methyl sites for hydroxylation is 1. The van der Waals surface area contributed by atoms with E-state index in [1.807, 2.05) is 42.0 Å². The molecule has 0 unspecified atom stereocenters. The first-order chi connectivity index (χ1) is 11.7. The van der Waals surface area contributed by atoms with Gasteiger partial charge in [0, 0.05) is 23.7 Å². The largest absolute Gasteiger partial charge is 0.461 e. The lowest BCUT2D eigenvalue weighted by molar-refractivity contribution is 0.0519. The lowest BCUT2D eigenvalue weighted by Crippen LogP contribution is -2.10. The lowest BCUT2D eigenvalue weighted by atomic mass is 10.0. The molecule has 0 amide bonds. The number of fused-ring (bicyclic) bond motifs is 5. The number of carbonyl (C=O) groups is 1. The normalized spacial score (nSPS) is 11.9. The molecule has 1 aliphatic rings. The second kappa shape index (κ2) is 5.56. The molecule has 0 saturated heterocycles. The number of aromatic nitrogens is 4. The minimum absolute atomic E-state index is 0.320. The predicted octanol–water partition coefficient (Wildman–Crippen LogP) is 2.72. The van der Waals surface area contributed by atoms with Crippen molar-refractivity contribution in [3.8, 4) is 16.9 Å². The van der Waals surface area contributed by atoms with E-state index in [-0.39, 0.29) is 0 Å². The summed E-state index contributed by atoms with van der Waals surface area (Å²) in [4.78, 5) is 25.5. The molecule has 0 radical (unpaired) electrons. The van der Waals surface area contributed by atoms with Crippen molar-refractivity contribution in [3.63, 3.8) is 0 Å². The molecule has 0 bridgehead atoms. The summed E-state index contributed by atoms with van der Waals surface area (Å²) in [7, 11) is 0. The van der Waals surface area contributed by atoms with Gasteiger partial charge in [-0.3, -0.25) is 0 Å². The van der Waals surface area contributed by atoms with E-state index in [0.29, 0.717) is 18.7 Å². The van der Waals surface area contributed by atoms with Crippen molar-refractivity contribution in [3.05, 3.63) is 59.6 Å². The zero-order valence-electron chi connectivity index (χ0n) is 13.5. The standard InChI is InChI=1S/C18H16N4O2/c1-3-24-18(23)17-15-8-12-9-19-11(2)21-16(12)13-6-4-5-7-14(13)22(15)10-20-17/h4-7,9-10H,3,8H2,1-2H3. The van der Waals surface area contributed by atoms with E-state index >= 15 is 0 Å². The summed E-state index contributed by atoms with van der Waals surface area (Å²) in [6.45, 7) is 3.98. The molecule has 6 heteroatoms. The van der Waals surface area contributed by atoms with Crippen LogP contribution in [0.2, 0.25) is 0 Å². The fraction of sp³-hybridized carbons (Fsp3) is 0.222. The van der Waals surface area contributed by atoms with Crippen LogP contribution in [0, 0.1) is 6.92 Å². The van der Waals surface area contributed by atoms with Gasteiger partial charge in [0.05, 0.1) is 23.7 Å². The van der Waals surface area contributed by atoms with Crippen LogP contribution in [0.4, 0.5) is 0 Å². The highest BCUT2D eigenvalue weighted by atomic mass is 16.5. The first-order valence-electron chi connectivity index (χ1n) is 7.84. The van der Waals surface area contributed by atoms with E-state index in [0.717, 1.165) is 34.0 Å². The molecule has 2 aromatic heterocycles. The molecule has 0 fully saturated rings. The fourth-order valence-electron chi connectivity index (χ4n) is 3.04. The van der Waals surface area contributed by atoms with Crippen molar-refractivity contribution < 1.29 is 9.53 Å². The van der Waals surface area contributed by atoms with Crippen molar-refractivity contribution >= 4 is 5.97 Å². The highest BCUT2D eigenvalue weighted by Gasteiger charge is 2.26. The molecule has 3 heterocycles. The third-order valence-corrected chi connectivity index (χ3v) is 4.10. The van der Waals surface area contributed by atoms with Crippen LogP contribution in [0.1, 0.15) is 34.5 Å². The number of rotatable bonds is 2. The molecule has 0 N–H and O–H groups in total. The van der Waals surface area contributed by atoms with Gasteiger partial charge in [0.1, 0.15) is 12.2 Å². The van der Waals surface area contributed by atoms with Gasteiger partial charge in [0.2, 0.25) is 0 Å². The first kappa shape index (κ1) is 14.6.